The van der Waals surface area contributed by atoms with Gasteiger partial charge in [-0.1, -0.05) is 108 Å². The van der Waals surface area contributed by atoms with Crippen LogP contribution in [0, 0.1) is 30.6 Å². The number of amides is 4. The van der Waals surface area contributed by atoms with Crippen molar-refractivity contribution in [3.05, 3.63) is 143 Å². The lowest BCUT2D eigenvalue weighted by molar-refractivity contribution is -0.144. The van der Waals surface area contributed by atoms with Crippen molar-refractivity contribution in [3.63, 3.8) is 0 Å². The lowest BCUT2D eigenvalue weighted by Crippen LogP contribution is -2.53. The second kappa shape index (κ2) is 15.1. The van der Waals surface area contributed by atoms with E-state index in [2.05, 4.69) is 28.5 Å². The highest BCUT2D eigenvalue weighted by atomic mass is 16.5. The summed E-state index contributed by atoms with van der Waals surface area (Å²) in [7, 11) is 0. The predicted molar refractivity (Wildman–Crippen MR) is 214 cm³/mol. The predicted octanol–water partition coefficient (Wildman–Crippen LogP) is 6.02. The van der Waals surface area contributed by atoms with Gasteiger partial charge in [-0.05, 0) is 67.9 Å². The molecule has 57 heavy (non-hydrogen) atoms. The van der Waals surface area contributed by atoms with Crippen LogP contribution in [-0.2, 0) is 31.1 Å². The fourth-order valence-corrected chi connectivity index (χ4v) is 10.7. The van der Waals surface area contributed by atoms with E-state index in [1.165, 1.54) is 10.6 Å². The number of carbonyl (C=O) groups excluding carboxylic acids is 4. The Morgan fingerprint density at radius 1 is 0.789 bits per heavy atom. The molecule has 4 aromatic rings. The number of anilines is 1. The number of fused-ring (bicyclic) bond motifs is 4. The number of aliphatic hydroxyl groups is 1. The number of benzene rings is 4. The van der Waals surface area contributed by atoms with Crippen LogP contribution in [0.25, 0.3) is 0 Å². The van der Waals surface area contributed by atoms with Crippen LogP contribution in [0.1, 0.15) is 53.9 Å². The van der Waals surface area contributed by atoms with Crippen LogP contribution in [0.2, 0.25) is 0 Å². The Balaban J connectivity index is 1.11. The number of para-hydroxylation sites is 1. The lowest BCUT2D eigenvalue weighted by atomic mass is 9.49. The summed E-state index contributed by atoms with van der Waals surface area (Å²) in [5.74, 6) is -3.76. The second-order valence-electron chi connectivity index (χ2n) is 16.2. The Kier molecular flexibility index (Phi) is 9.78. The van der Waals surface area contributed by atoms with Crippen molar-refractivity contribution in [2.75, 3.05) is 31.7 Å². The normalized spacial score (nSPS) is 27.5. The molecule has 5 aliphatic rings. The Hall–Kier alpha value is -5.58. The minimum Gasteiger partial charge on any atom is -0.491 e. The monoisotopic (exact) mass is 764 g/mol. The number of likely N-dealkylation sites (tertiary alicyclic amines) is 2. The van der Waals surface area contributed by atoms with E-state index >= 15 is 9.59 Å². The first kappa shape index (κ1) is 37.0. The van der Waals surface area contributed by atoms with Crippen LogP contribution in [0.4, 0.5) is 5.69 Å². The van der Waals surface area contributed by atoms with Gasteiger partial charge in [-0.3, -0.25) is 34.4 Å². The molecule has 0 bridgehead atoms. The standard InChI is InChI=1S/C47H48N4O6/c1-30-16-18-33(19-17-30)48-51-44(54)39-28-38-35(42(36-14-8-9-15-40(36)57-27-26-52)47(39,46(51)56)32-12-6-3-7-13-32)20-21-37-41(38)45(55)50(43(37)53)34-22-24-49(25-23-34)29-31-10-4-2-5-11-31/h2-20,34,37-39,41-42,48,52H,21-29H2,1H3/t37-,38+,39-,41-,42+,47+/m0/s1. The molecule has 10 nitrogen and oxygen atoms in total. The summed E-state index contributed by atoms with van der Waals surface area (Å²) >= 11 is 0. The summed E-state index contributed by atoms with van der Waals surface area (Å²) in [5, 5.41) is 11.0. The van der Waals surface area contributed by atoms with E-state index in [0.717, 1.165) is 30.8 Å². The zero-order valence-corrected chi connectivity index (χ0v) is 32.1. The molecule has 3 saturated heterocycles. The minimum atomic E-state index is -1.40. The number of nitrogens with zero attached hydrogens (tertiary/aromatic N) is 3. The van der Waals surface area contributed by atoms with Gasteiger partial charge in [0.2, 0.25) is 11.8 Å². The summed E-state index contributed by atoms with van der Waals surface area (Å²) in [6.07, 6.45) is 4.10. The Labute approximate surface area is 333 Å². The van der Waals surface area contributed by atoms with Gasteiger partial charge in [0, 0.05) is 37.2 Å². The number of carbonyl (C=O) groups is 4. The smallest absolute Gasteiger partial charge is 0.260 e. The number of hydrogen-bond acceptors (Lipinski definition) is 8. The molecule has 3 aliphatic heterocycles. The molecule has 9 rings (SSSR count). The molecule has 10 heteroatoms. The SMILES string of the molecule is Cc1ccc(NN2C(=O)[C@@H]3C[C@@H]4C(=CC[C@@H]5C(=O)N(C6CCN(Cc7ccccc7)CC6)C(=O)[C@@H]54)[C@H](c4ccccc4OCCO)[C@]3(c3ccccc3)C2=O)cc1. The molecule has 0 aromatic heterocycles. The maximum atomic E-state index is 15.5. The molecule has 3 heterocycles. The molecule has 6 atom stereocenters. The van der Waals surface area contributed by atoms with Gasteiger partial charge in [-0.25, -0.2) is 0 Å². The van der Waals surface area contributed by atoms with Gasteiger partial charge < -0.3 is 9.84 Å². The van der Waals surface area contributed by atoms with Crippen molar-refractivity contribution in [3.8, 4) is 5.75 Å². The number of allylic oxidation sites excluding steroid dienone is 2. The quantitative estimate of drug-likeness (QED) is 0.149. The number of hydrazine groups is 1. The summed E-state index contributed by atoms with van der Waals surface area (Å²) in [6, 6.07) is 34.7. The first-order chi connectivity index (χ1) is 27.8. The first-order valence-corrected chi connectivity index (χ1v) is 20.2. The number of ether oxygens (including phenoxy) is 1. The average molecular weight is 765 g/mol. The summed E-state index contributed by atoms with van der Waals surface area (Å²) in [5.41, 5.74) is 6.93. The highest BCUT2D eigenvalue weighted by Gasteiger charge is 2.70. The summed E-state index contributed by atoms with van der Waals surface area (Å²) in [6.45, 7) is 4.21. The molecular weight excluding hydrogens is 717 g/mol. The van der Waals surface area contributed by atoms with E-state index in [1.807, 2.05) is 104 Å². The lowest BCUT2D eigenvalue weighted by Gasteiger charge is -2.50. The summed E-state index contributed by atoms with van der Waals surface area (Å²) < 4.78 is 6.18. The van der Waals surface area contributed by atoms with Gasteiger partial charge in [-0.2, -0.15) is 5.01 Å². The van der Waals surface area contributed by atoms with Crippen LogP contribution in [0.15, 0.2) is 121 Å². The van der Waals surface area contributed by atoms with Crippen molar-refractivity contribution in [2.24, 2.45) is 23.7 Å². The third kappa shape index (κ3) is 6.17. The third-order valence-electron chi connectivity index (χ3n) is 13.2. The highest BCUT2D eigenvalue weighted by molar-refractivity contribution is 6.13. The van der Waals surface area contributed by atoms with Gasteiger partial charge in [0.05, 0.1) is 35.5 Å². The molecule has 1 saturated carbocycles. The zero-order valence-electron chi connectivity index (χ0n) is 32.1. The molecule has 2 aliphatic carbocycles. The number of aliphatic hydroxyl groups excluding tert-OH is 1. The molecule has 4 fully saturated rings. The number of rotatable bonds is 10. The second-order valence-corrected chi connectivity index (χ2v) is 16.2. The van der Waals surface area contributed by atoms with Gasteiger partial charge in [0.15, 0.2) is 0 Å². The first-order valence-electron chi connectivity index (χ1n) is 20.2. The Morgan fingerprint density at radius 3 is 2.19 bits per heavy atom. The third-order valence-corrected chi connectivity index (χ3v) is 13.2. The maximum Gasteiger partial charge on any atom is 0.260 e. The number of aryl methyl sites for hydroxylation is 1. The van der Waals surface area contributed by atoms with E-state index < -0.39 is 35.0 Å². The molecule has 0 unspecified atom stereocenters. The topological polar surface area (TPSA) is 119 Å². The van der Waals surface area contributed by atoms with Gasteiger partial charge in [-0.15, -0.1) is 0 Å². The van der Waals surface area contributed by atoms with E-state index in [4.69, 9.17) is 4.74 Å². The van der Waals surface area contributed by atoms with Gasteiger partial charge >= 0.3 is 0 Å². The van der Waals surface area contributed by atoms with Crippen LogP contribution >= 0.6 is 0 Å². The van der Waals surface area contributed by atoms with Crippen LogP contribution in [-0.4, -0.2) is 75.9 Å². The summed E-state index contributed by atoms with van der Waals surface area (Å²) in [4.78, 5) is 63.7. The molecular formula is C47H48N4O6. The van der Waals surface area contributed by atoms with Crippen molar-refractivity contribution < 1.29 is 29.0 Å². The van der Waals surface area contributed by atoms with Gasteiger partial charge in [0.1, 0.15) is 12.4 Å². The average Bonchev–Trinajstić information content (AvgIpc) is 3.62. The van der Waals surface area contributed by atoms with Crippen molar-refractivity contribution >= 4 is 29.3 Å². The fraction of sp³-hybridized carbons (Fsp3) is 0.362. The molecule has 2 N–H and O–H groups in total. The molecule has 0 spiro atoms. The number of piperidine rings is 1. The van der Waals surface area contributed by atoms with Crippen LogP contribution in [0.3, 0.4) is 0 Å². The van der Waals surface area contributed by atoms with Crippen LogP contribution in [0.5, 0.6) is 5.75 Å². The Morgan fingerprint density at radius 2 is 1.47 bits per heavy atom. The molecule has 292 valence electrons. The Bertz CT molecular complexity index is 2200. The van der Waals surface area contributed by atoms with Crippen molar-refractivity contribution in [1.29, 1.82) is 0 Å². The van der Waals surface area contributed by atoms with Crippen molar-refractivity contribution in [2.45, 2.75) is 56.5 Å². The minimum absolute atomic E-state index is 0.0404. The number of hydrogen-bond donors (Lipinski definition) is 2. The largest absolute Gasteiger partial charge is 0.491 e. The molecule has 4 amide bonds. The number of imide groups is 2. The van der Waals surface area contributed by atoms with E-state index in [-0.39, 0.29) is 49.3 Å². The fourth-order valence-electron chi connectivity index (χ4n) is 10.7. The number of nitrogens with one attached hydrogen (secondary N) is 1. The van der Waals surface area contributed by atoms with E-state index in [9.17, 15) is 14.7 Å². The molecule has 4 aromatic carbocycles. The maximum absolute atomic E-state index is 15.5. The molecule has 0 radical (unpaired) electrons. The van der Waals surface area contributed by atoms with E-state index in [1.54, 1.807) is 4.90 Å². The zero-order chi connectivity index (χ0) is 39.3. The van der Waals surface area contributed by atoms with Crippen LogP contribution < -0.4 is 10.2 Å². The van der Waals surface area contributed by atoms with Gasteiger partial charge in [0.25, 0.3) is 11.8 Å². The highest BCUT2D eigenvalue weighted by Crippen LogP contribution is 2.65. The van der Waals surface area contributed by atoms with E-state index in [0.29, 0.717) is 41.8 Å². The van der Waals surface area contributed by atoms with Crippen molar-refractivity contribution in [1.82, 2.24) is 14.8 Å².